The van der Waals surface area contributed by atoms with Crippen LogP contribution in [0.3, 0.4) is 0 Å². The Hall–Kier alpha value is -0.620. The zero-order chi connectivity index (χ0) is 12.3. The van der Waals surface area contributed by atoms with Crippen molar-refractivity contribution in [2.24, 2.45) is 5.73 Å². The zero-order valence-electron chi connectivity index (χ0n) is 8.99. The van der Waals surface area contributed by atoms with Crippen molar-refractivity contribution in [3.05, 3.63) is 28.8 Å². The van der Waals surface area contributed by atoms with E-state index in [0.717, 1.165) is 0 Å². The van der Waals surface area contributed by atoms with E-state index in [1.807, 2.05) is 0 Å². The van der Waals surface area contributed by atoms with E-state index in [9.17, 15) is 8.78 Å². The van der Waals surface area contributed by atoms with Gasteiger partial charge in [0, 0.05) is 0 Å². The maximum absolute atomic E-state index is 13.1. The Labute approximate surface area is 109 Å². The number of nitrogens with two attached hydrogens (primary N) is 1. The predicted octanol–water partition coefficient (Wildman–Crippen LogP) is 2.40. The lowest BCUT2D eigenvalue weighted by Crippen LogP contribution is -2.36. The molecule has 0 aliphatic carbocycles. The average molecular weight is 288 g/mol. The van der Waals surface area contributed by atoms with E-state index in [0.29, 0.717) is 5.02 Å². The third-order valence-corrected chi connectivity index (χ3v) is 2.51. The average Bonchev–Trinajstić information content (AvgIpc) is 2.28. The highest BCUT2D eigenvalue weighted by molar-refractivity contribution is 6.32. The summed E-state index contributed by atoms with van der Waals surface area (Å²) in [7, 11) is 1.38. The first-order valence-electron chi connectivity index (χ1n) is 4.50. The lowest BCUT2D eigenvalue weighted by molar-refractivity contribution is -0.0712. The van der Waals surface area contributed by atoms with Crippen LogP contribution in [-0.2, 0) is 0 Å². The van der Waals surface area contributed by atoms with Gasteiger partial charge in [-0.3, -0.25) is 0 Å². The van der Waals surface area contributed by atoms with Crippen molar-refractivity contribution < 1.29 is 18.6 Å². The molecule has 7 heteroatoms. The van der Waals surface area contributed by atoms with Crippen molar-refractivity contribution in [3.8, 4) is 5.75 Å². The molecule has 0 fully saturated rings. The van der Waals surface area contributed by atoms with Crippen molar-refractivity contribution >= 4 is 24.0 Å². The van der Waals surface area contributed by atoms with Crippen LogP contribution in [0, 0.1) is 0 Å². The molecule has 0 aliphatic rings. The molecule has 1 atom stereocenters. The lowest BCUT2D eigenvalue weighted by atomic mass is 10.0. The Balaban J connectivity index is 0.00000256. The fourth-order valence-electron chi connectivity index (χ4n) is 1.21. The highest BCUT2D eigenvalue weighted by Gasteiger charge is 2.37. The van der Waals surface area contributed by atoms with Gasteiger partial charge >= 0.3 is 0 Å². The van der Waals surface area contributed by atoms with Crippen LogP contribution in [-0.4, -0.2) is 24.7 Å². The van der Waals surface area contributed by atoms with E-state index in [4.69, 9.17) is 27.2 Å². The standard InChI is InChI=1S/C10H12ClF2NO2.ClH/c1-16-8-4-6(2-3-7(8)11)9(14)10(12,13)5-15;/h2-4,9,15H,5,14H2,1H3;1H/t9-;/m1./s1. The van der Waals surface area contributed by atoms with E-state index in [1.54, 1.807) is 0 Å². The molecule has 1 aromatic rings. The SMILES string of the molecule is COc1cc([C@@H](N)C(F)(F)CO)ccc1Cl.Cl. The highest BCUT2D eigenvalue weighted by atomic mass is 35.5. The quantitative estimate of drug-likeness (QED) is 0.894. The first-order valence-corrected chi connectivity index (χ1v) is 4.88. The summed E-state index contributed by atoms with van der Waals surface area (Å²) >= 11 is 5.75. The van der Waals surface area contributed by atoms with Crippen LogP contribution >= 0.6 is 24.0 Å². The van der Waals surface area contributed by atoms with Gasteiger partial charge in [-0.05, 0) is 17.7 Å². The maximum atomic E-state index is 13.1. The molecule has 0 unspecified atom stereocenters. The minimum absolute atomic E-state index is 0. The largest absolute Gasteiger partial charge is 0.495 e. The Bertz CT molecular complexity index is 377. The van der Waals surface area contributed by atoms with Gasteiger partial charge in [-0.1, -0.05) is 17.7 Å². The smallest absolute Gasteiger partial charge is 0.289 e. The summed E-state index contributed by atoms with van der Waals surface area (Å²) in [5, 5.41) is 8.83. The second-order valence-corrected chi connectivity index (χ2v) is 3.70. The summed E-state index contributed by atoms with van der Waals surface area (Å²) in [6, 6.07) is 2.53. The summed E-state index contributed by atoms with van der Waals surface area (Å²) in [5.41, 5.74) is 5.50. The third-order valence-electron chi connectivity index (χ3n) is 2.20. The number of methoxy groups -OCH3 is 1. The number of halogens is 4. The molecule has 0 amide bonds. The van der Waals surface area contributed by atoms with E-state index >= 15 is 0 Å². The Morgan fingerprint density at radius 2 is 2.12 bits per heavy atom. The number of alkyl halides is 2. The van der Waals surface area contributed by atoms with Crippen molar-refractivity contribution in [1.29, 1.82) is 0 Å². The number of hydrogen-bond donors (Lipinski definition) is 2. The molecule has 0 aromatic heterocycles. The highest BCUT2D eigenvalue weighted by Crippen LogP contribution is 2.33. The summed E-state index contributed by atoms with van der Waals surface area (Å²) in [6.45, 7) is -1.31. The number of aliphatic hydroxyl groups is 1. The fourth-order valence-corrected chi connectivity index (χ4v) is 1.41. The van der Waals surface area contributed by atoms with Crippen molar-refractivity contribution in [2.45, 2.75) is 12.0 Å². The number of benzene rings is 1. The van der Waals surface area contributed by atoms with Crippen molar-refractivity contribution in [1.82, 2.24) is 0 Å². The van der Waals surface area contributed by atoms with Gasteiger partial charge in [0.15, 0.2) is 0 Å². The molecular weight excluding hydrogens is 275 g/mol. The third kappa shape index (κ3) is 3.67. The van der Waals surface area contributed by atoms with Crippen molar-refractivity contribution in [3.63, 3.8) is 0 Å². The molecule has 0 aliphatic heterocycles. The first-order chi connectivity index (χ1) is 7.42. The molecule has 0 saturated carbocycles. The summed E-state index contributed by atoms with van der Waals surface area (Å²) in [4.78, 5) is 0. The molecule has 0 spiro atoms. The summed E-state index contributed by atoms with van der Waals surface area (Å²) in [6.07, 6.45) is 0. The van der Waals surface area contributed by atoms with Gasteiger partial charge < -0.3 is 15.6 Å². The van der Waals surface area contributed by atoms with Crippen LogP contribution in [0.2, 0.25) is 5.02 Å². The fraction of sp³-hybridized carbons (Fsp3) is 0.400. The van der Waals surface area contributed by atoms with Crippen LogP contribution < -0.4 is 10.5 Å². The number of ether oxygens (including phenoxy) is 1. The predicted molar refractivity (Wildman–Crippen MR) is 64.2 cm³/mol. The molecule has 1 aromatic carbocycles. The van der Waals surface area contributed by atoms with Crippen LogP contribution in [0.4, 0.5) is 8.78 Å². The van der Waals surface area contributed by atoms with Crippen LogP contribution in [0.1, 0.15) is 11.6 Å². The van der Waals surface area contributed by atoms with Gasteiger partial charge in [0.25, 0.3) is 5.92 Å². The Morgan fingerprint density at radius 1 is 1.53 bits per heavy atom. The number of rotatable bonds is 4. The Kier molecular flexibility index (Phi) is 6.12. The zero-order valence-corrected chi connectivity index (χ0v) is 10.6. The Morgan fingerprint density at radius 3 is 2.59 bits per heavy atom. The summed E-state index contributed by atoms with van der Waals surface area (Å²) < 4.78 is 31.1. The lowest BCUT2D eigenvalue weighted by Gasteiger charge is -2.22. The van der Waals surface area contributed by atoms with Crippen LogP contribution in [0.25, 0.3) is 0 Å². The molecular formula is C10H13Cl2F2NO2. The topological polar surface area (TPSA) is 55.5 Å². The molecule has 3 nitrogen and oxygen atoms in total. The molecule has 0 heterocycles. The normalized spacial score (nSPS) is 12.8. The van der Waals surface area contributed by atoms with Crippen LogP contribution in [0.15, 0.2) is 18.2 Å². The van der Waals surface area contributed by atoms with Gasteiger partial charge in [-0.2, -0.15) is 0 Å². The van der Waals surface area contributed by atoms with E-state index in [1.165, 1.54) is 25.3 Å². The summed E-state index contributed by atoms with van der Waals surface area (Å²) in [5.74, 6) is -3.11. The van der Waals surface area contributed by atoms with Gasteiger partial charge in [-0.15, -0.1) is 12.4 Å². The number of hydrogen-bond acceptors (Lipinski definition) is 3. The van der Waals surface area contributed by atoms with E-state index in [2.05, 4.69) is 0 Å². The maximum Gasteiger partial charge on any atom is 0.289 e. The molecule has 1 rings (SSSR count). The van der Waals surface area contributed by atoms with Gasteiger partial charge in [0.2, 0.25) is 0 Å². The molecule has 98 valence electrons. The number of aliphatic hydroxyl groups excluding tert-OH is 1. The van der Waals surface area contributed by atoms with Crippen molar-refractivity contribution in [2.75, 3.05) is 13.7 Å². The molecule has 17 heavy (non-hydrogen) atoms. The molecule has 3 N–H and O–H groups in total. The van der Waals surface area contributed by atoms with Gasteiger partial charge in [0.1, 0.15) is 12.4 Å². The van der Waals surface area contributed by atoms with E-state index < -0.39 is 18.6 Å². The first kappa shape index (κ1) is 16.4. The molecule has 0 saturated heterocycles. The second-order valence-electron chi connectivity index (χ2n) is 3.29. The second kappa shape index (κ2) is 6.35. The molecule has 0 radical (unpaired) electrons. The molecule has 0 bridgehead atoms. The minimum Gasteiger partial charge on any atom is -0.495 e. The van der Waals surface area contributed by atoms with E-state index in [-0.39, 0.29) is 23.7 Å². The monoisotopic (exact) mass is 287 g/mol. The van der Waals surface area contributed by atoms with Gasteiger partial charge in [-0.25, -0.2) is 8.78 Å². The van der Waals surface area contributed by atoms with Crippen LogP contribution in [0.5, 0.6) is 5.75 Å². The minimum atomic E-state index is -3.38. The van der Waals surface area contributed by atoms with Gasteiger partial charge in [0.05, 0.1) is 18.2 Å².